The number of para-hydroxylation sites is 1. The second-order valence-corrected chi connectivity index (χ2v) is 7.24. The zero-order valence-corrected chi connectivity index (χ0v) is 17.0. The van der Waals surface area contributed by atoms with Crippen molar-refractivity contribution in [3.63, 3.8) is 0 Å². The predicted octanol–water partition coefficient (Wildman–Crippen LogP) is 4.64. The van der Waals surface area contributed by atoms with Crippen LogP contribution in [0.2, 0.25) is 0 Å². The summed E-state index contributed by atoms with van der Waals surface area (Å²) in [6, 6.07) is 18.2. The Morgan fingerprint density at radius 2 is 1.72 bits per heavy atom. The molecule has 8 heteroatoms. The summed E-state index contributed by atoms with van der Waals surface area (Å²) in [5.41, 5.74) is 0.847. The molecule has 3 aromatic carbocycles. The first-order valence-corrected chi connectivity index (χ1v) is 9.77. The Bertz CT molecular complexity index is 1360. The molecule has 0 saturated heterocycles. The van der Waals surface area contributed by atoms with Gasteiger partial charge in [0.2, 0.25) is 0 Å². The van der Waals surface area contributed by atoms with Gasteiger partial charge in [-0.3, -0.25) is 14.2 Å². The Hall–Kier alpha value is -3.94. The Labute approximate surface area is 181 Å². The molecule has 1 heterocycles. The fraction of sp³-hybridized carbons (Fsp3) is 0.125. The molecule has 0 fully saturated rings. The van der Waals surface area contributed by atoms with E-state index >= 15 is 0 Å². The first kappa shape index (κ1) is 21.3. The first-order chi connectivity index (χ1) is 15.2. The topological polar surface area (TPSA) is 64.0 Å². The van der Waals surface area contributed by atoms with Crippen molar-refractivity contribution in [2.24, 2.45) is 0 Å². The quantitative estimate of drug-likeness (QED) is 0.506. The van der Waals surface area contributed by atoms with Crippen LogP contribution in [0.25, 0.3) is 16.6 Å². The fourth-order valence-corrected chi connectivity index (χ4v) is 3.45. The van der Waals surface area contributed by atoms with Gasteiger partial charge in [-0.25, -0.2) is 4.98 Å². The summed E-state index contributed by atoms with van der Waals surface area (Å²) < 4.78 is 40.0. The highest BCUT2D eigenvalue weighted by Gasteiger charge is 2.30. The van der Waals surface area contributed by atoms with Crippen molar-refractivity contribution >= 4 is 16.8 Å². The molecule has 0 spiro atoms. The molecule has 0 aliphatic rings. The summed E-state index contributed by atoms with van der Waals surface area (Å²) in [5, 5.41) is 3.10. The number of carbonyl (C=O) groups is 1. The molecule has 1 aromatic heterocycles. The third-order valence-corrected chi connectivity index (χ3v) is 5.04. The van der Waals surface area contributed by atoms with Crippen molar-refractivity contribution in [3.05, 3.63) is 106 Å². The van der Waals surface area contributed by atoms with Crippen molar-refractivity contribution in [2.45, 2.75) is 19.6 Å². The van der Waals surface area contributed by atoms with Gasteiger partial charge < -0.3 is 5.32 Å². The highest BCUT2D eigenvalue weighted by Crippen LogP contribution is 2.29. The van der Waals surface area contributed by atoms with Gasteiger partial charge in [-0.1, -0.05) is 24.3 Å². The Morgan fingerprint density at radius 3 is 2.44 bits per heavy atom. The normalized spacial score (nSPS) is 11.5. The van der Waals surface area contributed by atoms with Gasteiger partial charge in [0.25, 0.3) is 11.5 Å². The lowest BCUT2D eigenvalue weighted by molar-refractivity contribution is -0.137. The van der Waals surface area contributed by atoms with E-state index in [1.165, 1.54) is 16.7 Å². The number of alkyl halides is 3. The molecule has 4 rings (SSSR count). The third-order valence-electron chi connectivity index (χ3n) is 5.04. The highest BCUT2D eigenvalue weighted by molar-refractivity contribution is 5.94. The molecule has 0 atom stereocenters. The van der Waals surface area contributed by atoms with Gasteiger partial charge in [-0.15, -0.1) is 0 Å². The number of rotatable bonds is 4. The van der Waals surface area contributed by atoms with Crippen LogP contribution in [-0.4, -0.2) is 15.5 Å². The number of nitrogens with zero attached hydrogens (tertiary/aromatic N) is 2. The number of nitrogens with one attached hydrogen (secondary N) is 1. The van der Waals surface area contributed by atoms with Gasteiger partial charge >= 0.3 is 6.18 Å². The summed E-state index contributed by atoms with van der Waals surface area (Å²) in [4.78, 5) is 29.8. The van der Waals surface area contributed by atoms with Crippen LogP contribution in [0.4, 0.5) is 13.2 Å². The van der Waals surface area contributed by atoms with E-state index in [4.69, 9.17) is 0 Å². The summed E-state index contributed by atoms with van der Waals surface area (Å²) in [5.74, 6) is 0.0742. The summed E-state index contributed by atoms with van der Waals surface area (Å²) in [6.07, 6.45) is -4.44. The van der Waals surface area contributed by atoms with Crippen LogP contribution in [0.15, 0.2) is 77.6 Å². The molecule has 4 aromatic rings. The average molecular weight is 437 g/mol. The molecule has 0 radical (unpaired) electrons. The zero-order valence-electron chi connectivity index (χ0n) is 17.0. The Morgan fingerprint density at radius 1 is 1.00 bits per heavy atom. The lowest BCUT2D eigenvalue weighted by Gasteiger charge is -2.12. The van der Waals surface area contributed by atoms with Crippen molar-refractivity contribution < 1.29 is 18.0 Å². The van der Waals surface area contributed by atoms with E-state index in [2.05, 4.69) is 10.3 Å². The van der Waals surface area contributed by atoms with E-state index in [0.717, 1.165) is 12.1 Å². The van der Waals surface area contributed by atoms with Gasteiger partial charge in [0.15, 0.2) is 0 Å². The second kappa shape index (κ2) is 8.30. The van der Waals surface area contributed by atoms with E-state index in [1.54, 1.807) is 49.4 Å². The van der Waals surface area contributed by atoms with E-state index in [0.29, 0.717) is 33.5 Å². The second-order valence-electron chi connectivity index (χ2n) is 7.24. The maximum Gasteiger partial charge on any atom is 0.416 e. The molecular weight excluding hydrogens is 419 g/mol. The van der Waals surface area contributed by atoms with E-state index in [1.807, 2.05) is 6.07 Å². The summed E-state index contributed by atoms with van der Waals surface area (Å²) in [7, 11) is 0. The monoisotopic (exact) mass is 437 g/mol. The maximum atomic E-state index is 12.9. The van der Waals surface area contributed by atoms with Gasteiger partial charge in [-0.05, 0) is 61.0 Å². The summed E-state index contributed by atoms with van der Waals surface area (Å²) >= 11 is 0. The van der Waals surface area contributed by atoms with Crippen molar-refractivity contribution in [1.29, 1.82) is 0 Å². The van der Waals surface area contributed by atoms with Crippen LogP contribution < -0.4 is 10.9 Å². The molecular formula is C24H18F3N3O2. The maximum absolute atomic E-state index is 12.9. The molecule has 162 valence electrons. The summed E-state index contributed by atoms with van der Waals surface area (Å²) in [6.45, 7) is 1.68. The number of benzene rings is 3. The van der Waals surface area contributed by atoms with Crippen LogP contribution >= 0.6 is 0 Å². The lowest BCUT2D eigenvalue weighted by atomic mass is 10.1. The predicted molar refractivity (Wildman–Crippen MR) is 115 cm³/mol. The van der Waals surface area contributed by atoms with E-state index < -0.39 is 17.6 Å². The number of fused-ring (bicyclic) bond motifs is 1. The van der Waals surface area contributed by atoms with Gasteiger partial charge in [-0.2, -0.15) is 13.2 Å². The number of hydrogen-bond acceptors (Lipinski definition) is 3. The molecule has 1 amide bonds. The molecule has 1 N–H and O–H groups in total. The Balaban J connectivity index is 1.53. The smallest absolute Gasteiger partial charge is 0.348 e. The molecule has 5 nitrogen and oxygen atoms in total. The first-order valence-electron chi connectivity index (χ1n) is 9.77. The van der Waals surface area contributed by atoms with E-state index in [9.17, 15) is 22.8 Å². The lowest BCUT2D eigenvalue weighted by Crippen LogP contribution is -2.24. The van der Waals surface area contributed by atoms with Crippen molar-refractivity contribution in [1.82, 2.24) is 14.9 Å². The van der Waals surface area contributed by atoms with Crippen LogP contribution in [0.1, 0.15) is 27.3 Å². The largest absolute Gasteiger partial charge is 0.416 e. The molecule has 0 saturated carbocycles. The van der Waals surface area contributed by atoms with Crippen LogP contribution in [0.5, 0.6) is 0 Å². The van der Waals surface area contributed by atoms with Crippen molar-refractivity contribution in [3.8, 4) is 5.69 Å². The van der Waals surface area contributed by atoms with Gasteiger partial charge in [0.05, 0.1) is 22.2 Å². The number of aryl methyl sites for hydroxylation is 1. The number of carbonyl (C=O) groups excluding carboxylic acids is 1. The number of halogens is 3. The van der Waals surface area contributed by atoms with Crippen LogP contribution in [-0.2, 0) is 12.7 Å². The molecule has 0 bridgehead atoms. The van der Waals surface area contributed by atoms with Crippen LogP contribution in [0, 0.1) is 6.92 Å². The van der Waals surface area contributed by atoms with E-state index in [-0.39, 0.29) is 12.1 Å². The fourth-order valence-electron chi connectivity index (χ4n) is 3.45. The van der Waals surface area contributed by atoms with Crippen molar-refractivity contribution in [2.75, 3.05) is 0 Å². The van der Waals surface area contributed by atoms with Gasteiger partial charge in [0, 0.05) is 12.1 Å². The number of aromatic nitrogens is 2. The Kier molecular flexibility index (Phi) is 5.52. The molecule has 32 heavy (non-hydrogen) atoms. The van der Waals surface area contributed by atoms with Gasteiger partial charge in [0.1, 0.15) is 5.82 Å². The molecule has 0 aliphatic carbocycles. The number of amides is 1. The average Bonchev–Trinajstić information content (AvgIpc) is 2.77. The minimum absolute atomic E-state index is 0.0440. The molecule has 0 aliphatic heterocycles. The molecule has 0 unspecified atom stereocenters. The third kappa shape index (κ3) is 4.25. The minimum atomic E-state index is -4.44. The number of hydrogen-bond donors (Lipinski definition) is 1. The van der Waals surface area contributed by atoms with Crippen LogP contribution in [0.3, 0.4) is 0 Å². The standard InChI is InChI=1S/C24H18F3N3O2/c1-15-29-21-8-3-2-7-20(21)23(32)30(15)19-11-9-17(10-12-19)22(31)28-14-16-5-4-6-18(13-16)24(25,26)27/h2-13H,14H2,1H3,(H,28,31). The zero-order chi connectivity index (χ0) is 22.9. The SMILES string of the molecule is Cc1nc2ccccc2c(=O)n1-c1ccc(C(=O)NCc2cccc(C(F)(F)F)c2)cc1. The minimum Gasteiger partial charge on any atom is -0.348 e. The highest BCUT2D eigenvalue weighted by atomic mass is 19.4.